The normalized spacial score (nSPS) is 21.4. The molecule has 2 fully saturated rings. The van der Waals surface area contributed by atoms with E-state index >= 15 is 0 Å². The topological polar surface area (TPSA) is 66.8 Å². The van der Waals surface area contributed by atoms with E-state index in [0.29, 0.717) is 0 Å². The van der Waals surface area contributed by atoms with Gasteiger partial charge in [0.05, 0.1) is 0 Å². The van der Waals surface area contributed by atoms with Gasteiger partial charge in [0.25, 0.3) is 0 Å². The Kier molecular flexibility index (Phi) is 5.93. The van der Waals surface area contributed by atoms with Crippen molar-refractivity contribution in [2.75, 3.05) is 6.61 Å². The summed E-state index contributed by atoms with van der Waals surface area (Å²) in [5.74, 6) is 6.21. The molecule has 21 heavy (non-hydrogen) atoms. The van der Waals surface area contributed by atoms with Crippen LogP contribution in [-0.2, 0) is 4.74 Å². The van der Waals surface area contributed by atoms with Gasteiger partial charge in [0.2, 0.25) is 0 Å². The molecular formula is C17H26O4. The Bertz CT molecular complexity index is 377. The number of hydrogen-bond acceptors (Lipinski definition) is 3. The average Bonchev–Trinajstić information content (AvgIpc) is 2.53. The standard InChI is InChI=1S/C17H26O4/c18-16(19)21-13-7-12-17(20,14-8-3-1-4-9-14)15-10-5-2-6-11-15/h14-15,20H,1-6,8-11,13H2,(H,18,19). The highest BCUT2D eigenvalue weighted by atomic mass is 16.7. The Morgan fingerprint density at radius 3 is 1.90 bits per heavy atom. The minimum Gasteiger partial charge on any atom is -0.450 e. The lowest BCUT2D eigenvalue weighted by molar-refractivity contribution is -0.0433. The van der Waals surface area contributed by atoms with E-state index in [9.17, 15) is 9.90 Å². The summed E-state index contributed by atoms with van der Waals surface area (Å²) in [6.45, 7) is -0.156. The van der Waals surface area contributed by atoms with E-state index < -0.39 is 11.8 Å². The first-order chi connectivity index (χ1) is 10.1. The molecule has 0 aromatic heterocycles. The number of carboxylic acid groups (broad SMARTS) is 1. The molecule has 4 heteroatoms. The van der Waals surface area contributed by atoms with Crippen molar-refractivity contribution in [1.29, 1.82) is 0 Å². The summed E-state index contributed by atoms with van der Waals surface area (Å²) >= 11 is 0. The van der Waals surface area contributed by atoms with Crippen LogP contribution in [0.4, 0.5) is 4.79 Å². The summed E-state index contributed by atoms with van der Waals surface area (Å²) in [7, 11) is 0. The van der Waals surface area contributed by atoms with Crippen molar-refractivity contribution in [1.82, 2.24) is 0 Å². The molecule has 0 amide bonds. The van der Waals surface area contributed by atoms with Gasteiger partial charge in [-0.05, 0) is 37.5 Å². The van der Waals surface area contributed by atoms with E-state index in [-0.39, 0.29) is 18.4 Å². The van der Waals surface area contributed by atoms with Crippen LogP contribution in [0, 0.1) is 23.7 Å². The quantitative estimate of drug-likeness (QED) is 0.617. The predicted octanol–water partition coefficient (Wildman–Crippen LogP) is 3.58. The fraction of sp³-hybridized carbons (Fsp3) is 0.824. The van der Waals surface area contributed by atoms with Crippen molar-refractivity contribution in [2.24, 2.45) is 11.8 Å². The molecule has 0 bridgehead atoms. The molecule has 0 radical (unpaired) electrons. The molecule has 0 unspecified atom stereocenters. The van der Waals surface area contributed by atoms with Crippen molar-refractivity contribution in [2.45, 2.75) is 69.8 Å². The lowest BCUT2D eigenvalue weighted by Crippen LogP contribution is -2.45. The Morgan fingerprint density at radius 1 is 1.00 bits per heavy atom. The molecule has 0 saturated heterocycles. The second kappa shape index (κ2) is 7.70. The minimum atomic E-state index is -1.32. The molecule has 0 aromatic rings. The molecule has 2 aliphatic rings. The highest BCUT2D eigenvalue weighted by molar-refractivity contribution is 5.57. The molecular weight excluding hydrogens is 268 g/mol. The van der Waals surface area contributed by atoms with E-state index in [1.165, 1.54) is 12.8 Å². The number of hydrogen-bond donors (Lipinski definition) is 2. The lowest BCUT2D eigenvalue weighted by atomic mass is 9.66. The summed E-state index contributed by atoms with van der Waals surface area (Å²) in [6, 6.07) is 0. The summed E-state index contributed by atoms with van der Waals surface area (Å²) < 4.78 is 4.44. The molecule has 2 saturated carbocycles. The van der Waals surface area contributed by atoms with Crippen molar-refractivity contribution >= 4 is 6.16 Å². The van der Waals surface area contributed by atoms with Gasteiger partial charge < -0.3 is 14.9 Å². The minimum absolute atomic E-state index is 0.156. The fourth-order valence-corrected chi connectivity index (χ4v) is 3.90. The maximum absolute atomic E-state index is 11.2. The molecule has 0 aromatic carbocycles. The van der Waals surface area contributed by atoms with Gasteiger partial charge >= 0.3 is 6.16 Å². The third-order valence-electron chi connectivity index (χ3n) is 5.01. The van der Waals surface area contributed by atoms with Gasteiger partial charge in [-0.1, -0.05) is 50.4 Å². The summed E-state index contributed by atoms with van der Waals surface area (Å²) in [5.41, 5.74) is -0.956. The summed E-state index contributed by atoms with van der Waals surface area (Å²) in [5, 5.41) is 19.7. The molecule has 0 atom stereocenters. The second-order valence-electron chi connectivity index (χ2n) is 6.35. The van der Waals surface area contributed by atoms with Crippen LogP contribution in [0.5, 0.6) is 0 Å². The van der Waals surface area contributed by atoms with Crippen LogP contribution in [0.1, 0.15) is 64.2 Å². The summed E-state index contributed by atoms with van der Waals surface area (Å²) in [6.07, 6.45) is 9.93. The molecule has 2 rings (SSSR count). The average molecular weight is 294 g/mol. The van der Waals surface area contributed by atoms with Gasteiger partial charge in [0.15, 0.2) is 6.61 Å². The van der Waals surface area contributed by atoms with E-state index in [1.54, 1.807) is 0 Å². The highest BCUT2D eigenvalue weighted by Gasteiger charge is 2.42. The molecule has 4 nitrogen and oxygen atoms in total. The van der Waals surface area contributed by atoms with Crippen LogP contribution in [-0.4, -0.2) is 28.6 Å². The Labute approximate surface area is 126 Å². The van der Waals surface area contributed by atoms with Gasteiger partial charge in [-0.3, -0.25) is 0 Å². The van der Waals surface area contributed by atoms with E-state index in [4.69, 9.17) is 5.11 Å². The van der Waals surface area contributed by atoms with Gasteiger partial charge in [-0.2, -0.15) is 0 Å². The van der Waals surface area contributed by atoms with Crippen LogP contribution in [0.2, 0.25) is 0 Å². The largest absolute Gasteiger partial charge is 0.506 e. The monoisotopic (exact) mass is 294 g/mol. The van der Waals surface area contributed by atoms with Gasteiger partial charge in [-0.15, -0.1) is 0 Å². The van der Waals surface area contributed by atoms with Gasteiger partial charge in [0, 0.05) is 0 Å². The number of ether oxygens (including phenoxy) is 1. The highest BCUT2D eigenvalue weighted by Crippen LogP contribution is 2.42. The van der Waals surface area contributed by atoms with Gasteiger partial charge in [0.1, 0.15) is 5.60 Å². The fourth-order valence-electron chi connectivity index (χ4n) is 3.90. The molecule has 0 spiro atoms. The first kappa shape index (κ1) is 16.2. The molecule has 2 aliphatic carbocycles. The van der Waals surface area contributed by atoms with Crippen LogP contribution < -0.4 is 0 Å². The van der Waals surface area contributed by atoms with Crippen molar-refractivity contribution in [3.05, 3.63) is 0 Å². The SMILES string of the molecule is O=C(O)OCC#CC(O)(C1CCCCC1)C1CCCCC1. The zero-order valence-corrected chi connectivity index (χ0v) is 12.6. The Morgan fingerprint density at radius 2 is 1.48 bits per heavy atom. The van der Waals surface area contributed by atoms with E-state index in [1.807, 2.05) is 0 Å². The lowest BCUT2D eigenvalue weighted by Gasteiger charge is -2.42. The zero-order valence-electron chi connectivity index (χ0n) is 12.6. The van der Waals surface area contributed by atoms with Crippen molar-refractivity contribution in [3.63, 3.8) is 0 Å². The first-order valence-electron chi connectivity index (χ1n) is 8.21. The second-order valence-corrected chi connectivity index (χ2v) is 6.35. The van der Waals surface area contributed by atoms with Crippen LogP contribution in [0.3, 0.4) is 0 Å². The summed E-state index contributed by atoms with van der Waals surface area (Å²) in [4.78, 5) is 10.4. The Balaban J connectivity index is 2.09. The third-order valence-corrected chi connectivity index (χ3v) is 5.01. The zero-order chi connectivity index (χ0) is 15.1. The molecule has 2 N–H and O–H groups in total. The van der Waals surface area contributed by atoms with E-state index in [2.05, 4.69) is 16.6 Å². The Hall–Kier alpha value is -1.21. The number of aliphatic hydroxyl groups is 1. The molecule has 0 aliphatic heterocycles. The van der Waals surface area contributed by atoms with Crippen LogP contribution in [0.25, 0.3) is 0 Å². The predicted molar refractivity (Wildman–Crippen MR) is 79.9 cm³/mol. The number of rotatable bonds is 3. The van der Waals surface area contributed by atoms with Crippen LogP contribution >= 0.6 is 0 Å². The molecule has 0 heterocycles. The maximum atomic E-state index is 11.2. The van der Waals surface area contributed by atoms with E-state index in [0.717, 1.165) is 51.4 Å². The van der Waals surface area contributed by atoms with Crippen molar-refractivity contribution in [3.8, 4) is 11.8 Å². The van der Waals surface area contributed by atoms with Gasteiger partial charge in [-0.25, -0.2) is 4.79 Å². The number of carbonyl (C=O) groups is 1. The van der Waals surface area contributed by atoms with Crippen molar-refractivity contribution < 1.29 is 19.7 Å². The molecule has 118 valence electrons. The van der Waals surface area contributed by atoms with Crippen LogP contribution in [0.15, 0.2) is 0 Å². The maximum Gasteiger partial charge on any atom is 0.506 e. The third kappa shape index (κ3) is 4.38. The first-order valence-corrected chi connectivity index (χ1v) is 8.21. The smallest absolute Gasteiger partial charge is 0.450 e.